The van der Waals surface area contributed by atoms with E-state index >= 15 is 0 Å². The molecule has 0 radical (unpaired) electrons. The van der Waals surface area contributed by atoms with Crippen LogP contribution in [0.3, 0.4) is 0 Å². The Hall–Kier alpha value is -4.15. The lowest BCUT2D eigenvalue weighted by atomic mass is 10.0. The summed E-state index contributed by atoms with van der Waals surface area (Å²) in [5.41, 5.74) is 5.19. The number of aromatic nitrogens is 1. The molecule has 2 aromatic carbocycles. The summed E-state index contributed by atoms with van der Waals surface area (Å²) in [5, 5.41) is 9.70. The molecule has 1 saturated carbocycles. The minimum atomic E-state index is 0.0612. The van der Waals surface area contributed by atoms with E-state index in [4.69, 9.17) is 9.15 Å². The summed E-state index contributed by atoms with van der Waals surface area (Å²) in [4.78, 5) is 21.5. The number of nitriles is 1. The zero-order valence-corrected chi connectivity index (χ0v) is 20.8. The Morgan fingerprint density at radius 1 is 1.05 bits per heavy atom. The number of rotatable bonds is 6. The van der Waals surface area contributed by atoms with Gasteiger partial charge in [-0.2, -0.15) is 5.26 Å². The van der Waals surface area contributed by atoms with Crippen molar-refractivity contribution in [3.05, 3.63) is 71.9 Å². The molecule has 37 heavy (non-hydrogen) atoms. The van der Waals surface area contributed by atoms with Crippen molar-refractivity contribution in [1.29, 1.82) is 5.26 Å². The first-order chi connectivity index (χ1) is 18.1. The zero-order chi connectivity index (χ0) is 25.4. The van der Waals surface area contributed by atoms with Crippen LogP contribution in [0.4, 0.5) is 0 Å². The van der Waals surface area contributed by atoms with Crippen molar-refractivity contribution < 1.29 is 13.9 Å². The molecule has 2 aliphatic rings. The van der Waals surface area contributed by atoms with Crippen LogP contribution in [0.25, 0.3) is 33.6 Å². The number of piperazine rings is 1. The van der Waals surface area contributed by atoms with Gasteiger partial charge in [-0.3, -0.25) is 9.78 Å². The fraction of sp³-hybridized carbons (Fsp3) is 0.300. The lowest BCUT2D eigenvalue weighted by Gasteiger charge is -2.32. The first kappa shape index (κ1) is 23.3. The molecule has 2 aromatic heterocycles. The monoisotopic (exact) mass is 492 g/mol. The fourth-order valence-corrected chi connectivity index (χ4v) is 4.68. The number of ether oxygens (including phenoxy) is 1. The molecule has 1 saturated heterocycles. The quantitative estimate of drug-likeness (QED) is 0.368. The average molecular weight is 493 g/mol. The lowest BCUT2D eigenvalue weighted by molar-refractivity contribution is 0.0664. The topological polar surface area (TPSA) is 82.6 Å². The van der Waals surface area contributed by atoms with Crippen LogP contribution >= 0.6 is 0 Å². The van der Waals surface area contributed by atoms with Gasteiger partial charge in [0.25, 0.3) is 5.91 Å². The van der Waals surface area contributed by atoms with Gasteiger partial charge >= 0.3 is 0 Å². The fourth-order valence-electron chi connectivity index (χ4n) is 4.68. The predicted octanol–water partition coefficient (Wildman–Crippen LogP) is 5.21. The second-order valence-corrected chi connectivity index (χ2v) is 9.93. The molecule has 4 aromatic rings. The molecule has 0 bridgehead atoms. The van der Waals surface area contributed by atoms with E-state index in [2.05, 4.69) is 23.0 Å². The number of carbonyl (C=O) groups is 1. The second-order valence-electron chi connectivity index (χ2n) is 9.93. The van der Waals surface area contributed by atoms with Crippen LogP contribution in [0.2, 0.25) is 0 Å². The summed E-state index contributed by atoms with van der Waals surface area (Å²) in [6.45, 7) is 3.94. The molecule has 3 heterocycles. The molecule has 1 aliphatic heterocycles. The van der Waals surface area contributed by atoms with E-state index in [1.54, 1.807) is 6.20 Å². The number of benzene rings is 2. The van der Waals surface area contributed by atoms with Crippen molar-refractivity contribution in [3.63, 3.8) is 0 Å². The van der Waals surface area contributed by atoms with Crippen LogP contribution in [-0.4, -0.2) is 60.5 Å². The SMILES string of the molecule is CN1CCN(C(=O)c2ccc(-c3cc4nccc(-c5ccc(OCC6CC6)c(C#N)c5)c4o3)cc2)CC1. The highest BCUT2D eigenvalue weighted by Gasteiger charge is 2.23. The van der Waals surface area contributed by atoms with Gasteiger partial charge in [0.15, 0.2) is 5.58 Å². The number of likely N-dealkylation sites (N-methyl/N-ethyl adjacent to an activating group) is 1. The molecule has 0 N–H and O–H groups in total. The summed E-state index contributed by atoms with van der Waals surface area (Å²) in [5.74, 6) is 1.98. The first-order valence-corrected chi connectivity index (χ1v) is 12.7. The highest BCUT2D eigenvalue weighted by atomic mass is 16.5. The van der Waals surface area contributed by atoms with E-state index in [-0.39, 0.29) is 5.91 Å². The predicted molar refractivity (Wildman–Crippen MR) is 141 cm³/mol. The molecular formula is C30H28N4O3. The van der Waals surface area contributed by atoms with Gasteiger partial charge in [-0.1, -0.05) is 18.2 Å². The number of carbonyl (C=O) groups excluding carboxylic acids is 1. The number of pyridine rings is 1. The van der Waals surface area contributed by atoms with Crippen molar-refractivity contribution in [2.45, 2.75) is 12.8 Å². The largest absolute Gasteiger partial charge is 0.492 e. The number of amides is 1. The average Bonchev–Trinajstić information content (AvgIpc) is 3.67. The Balaban J connectivity index is 1.26. The molecular weight excluding hydrogens is 464 g/mol. The molecule has 7 nitrogen and oxygen atoms in total. The first-order valence-electron chi connectivity index (χ1n) is 12.7. The third-order valence-electron chi connectivity index (χ3n) is 7.20. The minimum absolute atomic E-state index is 0.0612. The van der Waals surface area contributed by atoms with Crippen LogP contribution in [0.5, 0.6) is 5.75 Å². The summed E-state index contributed by atoms with van der Waals surface area (Å²) >= 11 is 0. The van der Waals surface area contributed by atoms with Gasteiger partial charge in [0, 0.05) is 55.1 Å². The van der Waals surface area contributed by atoms with Crippen LogP contribution < -0.4 is 4.74 Å². The van der Waals surface area contributed by atoms with Crippen LogP contribution in [-0.2, 0) is 0 Å². The molecule has 0 unspecified atom stereocenters. The third kappa shape index (κ3) is 4.81. The maximum Gasteiger partial charge on any atom is 0.253 e. The van der Waals surface area contributed by atoms with E-state index < -0.39 is 0 Å². The second kappa shape index (κ2) is 9.72. The van der Waals surface area contributed by atoms with Gasteiger partial charge in [0.05, 0.1) is 12.2 Å². The zero-order valence-electron chi connectivity index (χ0n) is 20.8. The summed E-state index contributed by atoms with van der Waals surface area (Å²) < 4.78 is 12.2. The lowest BCUT2D eigenvalue weighted by Crippen LogP contribution is -2.47. The number of hydrogen-bond acceptors (Lipinski definition) is 6. The maximum absolute atomic E-state index is 12.9. The molecule has 6 rings (SSSR count). The highest BCUT2D eigenvalue weighted by Crippen LogP contribution is 2.36. The Kier molecular flexibility index (Phi) is 6.11. The van der Waals surface area contributed by atoms with Crippen molar-refractivity contribution in [1.82, 2.24) is 14.8 Å². The van der Waals surface area contributed by atoms with Gasteiger partial charge in [-0.05, 0) is 61.7 Å². The Morgan fingerprint density at radius 2 is 1.81 bits per heavy atom. The third-order valence-corrected chi connectivity index (χ3v) is 7.20. The van der Waals surface area contributed by atoms with Gasteiger partial charge in [0.1, 0.15) is 23.1 Å². The van der Waals surface area contributed by atoms with E-state index in [1.165, 1.54) is 12.8 Å². The molecule has 1 aliphatic carbocycles. The van der Waals surface area contributed by atoms with Crippen LogP contribution in [0.1, 0.15) is 28.8 Å². The molecule has 2 fully saturated rings. The molecule has 0 atom stereocenters. The Morgan fingerprint density at radius 3 is 2.54 bits per heavy atom. The minimum Gasteiger partial charge on any atom is -0.492 e. The van der Waals surface area contributed by atoms with Crippen molar-refractivity contribution in [2.24, 2.45) is 5.92 Å². The van der Waals surface area contributed by atoms with E-state index in [1.807, 2.05) is 59.5 Å². The van der Waals surface area contributed by atoms with E-state index in [0.29, 0.717) is 40.7 Å². The number of hydrogen-bond donors (Lipinski definition) is 0. The van der Waals surface area contributed by atoms with Gasteiger partial charge < -0.3 is 19.0 Å². The number of furan rings is 1. The smallest absolute Gasteiger partial charge is 0.253 e. The molecule has 186 valence electrons. The molecule has 0 spiro atoms. The van der Waals surface area contributed by atoms with Gasteiger partial charge in [0.2, 0.25) is 0 Å². The Bertz CT molecular complexity index is 1490. The Labute approximate surface area is 215 Å². The van der Waals surface area contributed by atoms with Gasteiger partial charge in [-0.25, -0.2) is 0 Å². The number of fused-ring (bicyclic) bond motifs is 1. The summed E-state index contributed by atoms with van der Waals surface area (Å²) in [7, 11) is 2.08. The highest BCUT2D eigenvalue weighted by molar-refractivity contribution is 5.95. The van der Waals surface area contributed by atoms with E-state index in [9.17, 15) is 10.1 Å². The number of nitrogens with zero attached hydrogens (tertiary/aromatic N) is 4. The normalized spacial score (nSPS) is 16.1. The van der Waals surface area contributed by atoms with Crippen molar-refractivity contribution >= 4 is 17.0 Å². The van der Waals surface area contributed by atoms with Crippen molar-refractivity contribution in [3.8, 4) is 34.3 Å². The van der Waals surface area contributed by atoms with Gasteiger partial charge in [-0.15, -0.1) is 0 Å². The van der Waals surface area contributed by atoms with E-state index in [0.717, 1.165) is 48.4 Å². The standard InChI is InChI=1S/C30H28N4O3/c1-33-12-14-34(15-13-33)30(35)22-6-4-21(5-7-22)28-17-26-29(37-28)25(10-11-32-26)23-8-9-27(24(16-23)18-31)36-19-20-2-3-20/h4-11,16-17,20H,2-3,12-15,19H2,1H3. The maximum atomic E-state index is 12.9. The van der Waals surface area contributed by atoms with Crippen molar-refractivity contribution in [2.75, 3.05) is 39.8 Å². The molecule has 7 heteroatoms. The van der Waals surface area contributed by atoms with Crippen LogP contribution in [0.15, 0.2) is 65.2 Å². The van der Waals surface area contributed by atoms with Crippen LogP contribution in [0, 0.1) is 17.2 Å². The summed E-state index contributed by atoms with van der Waals surface area (Å²) in [6, 6.07) is 19.3. The summed E-state index contributed by atoms with van der Waals surface area (Å²) in [6.07, 6.45) is 4.15. The molecule has 1 amide bonds.